The minimum absolute atomic E-state index is 0.121. The molecule has 0 spiro atoms. The number of carbonyl (C=O) groups excluding carboxylic acids is 1. The third-order valence-electron chi connectivity index (χ3n) is 5.44. The van der Waals surface area contributed by atoms with E-state index in [1.807, 2.05) is 18.2 Å². The smallest absolute Gasteiger partial charge is 0.315 e. The lowest BCUT2D eigenvalue weighted by Crippen LogP contribution is -2.49. The van der Waals surface area contributed by atoms with Crippen LogP contribution in [-0.4, -0.2) is 35.4 Å². The summed E-state index contributed by atoms with van der Waals surface area (Å²) in [5.74, 6) is 0.625. The first-order chi connectivity index (χ1) is 13.2. The lowest BCUT2D eigenvalue weighted by Gasteiger charge is -2.33. The van der Waals surface area contributed by atoms with Gasteiger partial charge in [-0.2, -0.15) is 5.10 Å². The SMILES string of the molecule is O=C(NC1CCN(c2cccnn2)CC1)N[C@@H]1CCCc2ccc(F)cc21. The maximum absolute atomic E-state index is 13.6. The zero-order chi connectivity index (χ0) is 18.6. The predicted molar refractivity (Wildman–Crippen MR) is 101 cm³/mol. The Balaban J connectivity index is 1.30. The monoisotopic (exact) mass is 369 g/mol. The number of anilines is 1. The minimum atomic E-state index is -0.251. The van der Waals surface area contributed by atoms with E-state index in [1.54, 1.807) is 12.3 Å². The van der Waals surface area contributed by atoms with Gasteiger partial charge >= 0.3 is 6.03 Å². The summed E-state index contributed by atoms with van der Waals surface area (Å²) >= 11 is 0. The average molecular weight is 369 g/mol. The van der Waals surface area contributed by atoms with Crippen LogP contribution in [0, 0.1) is 5.82 Å². The molecule has 1 fully saturated rings. The van der Waals surface area contributed by atoms with Crippen LogP contribution in [0.4, 0.5) is 15.0 Å². The van der Waals surface area contributed by atoms with Crippen LogP contribution >= 0.6 is 0 Å². The molecule has 2 N–H and O–H groups in total. The molecule has 2 amide bonds. The van der Waals surface area contributed by atoms with Crippen molar-refractivity contribution in [2.45, 2.75) is 44.2 Å². The second kappa shape index (κ2) is 7.90. The molecule has 1 aromatic carbocycles. The van der Waals surface area contributed by atoms with Gasteiger partial charge in [-0.25, -0.2) is 9.18 Å². The number of rotatable bonds is 3. The van der Waals surface area contributed by atoms with Crippen molar-refractivity contribution in [3.05, 3.63) is 53.5 Å². The number of nitrogens with one attached hydrogen (secondary N) is 2. The van der Waals surface area contributed by atoms with Gasteiger partial charge < -0.3 is 15.5 Å². The van der Waals surface area contributed by atoms with Crippen LogP contribution in [0.15, 0.2) is 36.5 Å². The van der Waals surface area contributed by atoms with Gasteiger partial charge in [-0.05, 0) is 67.5 Å². The average Bonchev–Trinajstić information content (AvgIpc) is 2.70. The number of carbonyl (C=O) groups is 1. The molecule has 142 valence electrons. The molecule has 1 aliphatic carbocycles. The van der Waals surface area contributed by atoms with E-state index in [9.17, 15) is 9.18 Å². The highest BCUT2D eigenvalue weighted by Crippen LogP contribution is 2.30. The molecule has 0 bridgehead atoms. The van der Waals surface area contributed by atoms with E-state index < -0.39 is 0 Å². The van der Waals surface area contributed by atoms with Gasteiger partial charge in [0.05, 0.1) is 6.04 Å². The van der Waals surface area contributed by atoms with E-state index in [2.05, 4.69) is 25.7 Å². The molecule has 1 aliphatic heterocycles. The van der Waals surface area contributed by atoms with Crippen molar-refractivity contribution >= 4 is 11.8 Å². The highest BCUT2D eigenvalue weighted by Gasteiger charge is 2.25. The van der Waals surface area contributed by atoms with E-state index in [4.69, 9.17) is 0 Å². The van der Waals surface area contributed by atoms with Crippen LogP contribution in [0.3, 0.4) is 0 Å². The standard InChI is InChI=1S/C20H24FN5O/c21-15-7-6-14-3-1-4-18(17(14)13-15)24-20(27)23-16-8-11-26(12-9-16)19-5-2-10-22-25-19/h2,5-7,10,13,16,18H,1,3-4,8-9,11-12H2,(H2,23,24,27)/t18-/m1/s1. The van der Waals surface area contributed by atoms with Crippen molar-refractivity contribution in [1.29, 1.82) is 0 Å². The number of urea groups is 1. The van der Waals surface area contributed by atoms with Crippen molar-refractivity contribution in [3.8, 4) is 0 Å². The molecule has 1 saturated heterocycles. The number of aromatic nitrogens is 2. The van der Waals surface area contributed by atoms with Gasteiger partial charge in [0.15, 0.2) is 5.82 Å². The van der Waals surface area contributed by atoms with E-state index in [0.29, 0.717) is 0 Å². The first kappa shape index (κ1) is 17.7. The molecular weight excluding hydrogens is 345 g/mol. The molecular formula is C20H24FN5O. The van der Waals surface area contributed by atoms with Crippen LogP contribution in [0.1, 0.15) is 42.9 Å². The topological polar surface area (TPSA) is 70.2 Å². The summed E-state index contributed by atoms with van der Waals surface area (Å²) in [6.07, 6.45) is 6.17. The highest BCUT2D eigenvalue weighted by molar-refractivity contribution is 5.75. The van der Waals surface area contributed by atoms with Crippen molar-refractivity contribution in [2.24, 2.45) is 0 Å². The lowest BCUT2D eigenvalue weighted by atomic mass is 9.87. The summed E-state index contributed by atoms with van der Waals surface area (Å²) in [6, 6.07) is 8.55. The van der Waals surface area contributed by atoms with Crippen LogP contribution in [0.5, 0.6) is 0 Å². The van der Waals surface area contributed by atoms with Crippen LogP contribution in [-0.2, 0) is 6.42 Å². The van der Waals surface area contributed by atoms with Gasteiger partial charge in [-0.3, -0.25) is 0 Å². The molecule has 1 atom stereocenters. The number of amides is 2. The maximum Gasteiger partial charge on any atom is 0.315 e. The third kappa shape index (κ3) is 4.18. The Morgan fingerprint density at radius 2 is 2.00 bits per heavy atom. The summed E-state index contributed by atoms with van der Waals surface area (Å²) in [7, 11) is 0. The Labute approximate surface area is 158 Å². The molecule has 0 saturated carbocycles. The maximum atomic E-state index is 13.6. The van der Waals surface area contributed by atoms with Crippen molar-refractivity contribution < 1.29 is 9.18 Å². The van der Waals surface area contributed by atoms with E-state index in [0.717, 1.165) is 62.1 Å². The Morgan fingerprint density at radius 3 is 2.78 bits per heavy atom. The van der Waals surface area contributed by atoms with Crippen LogP contribution in [0.25, 0.3) is 0 Å². The number of benzene rings is 1. The molecule has 2 heterocycles. The molecule has 6 nitrogen and oxygen atoms in total. The summed E-state index contributed by atoms with van der Waals surface area (Å²) in [4.78, 5) is 14.7. The molecule has 7 heteroatoms. The fourth-order valence-electron chi connectivity index (χ4n) is 4.02. The molecule has 0 unspecified atom stereocenters. The van der Waals surface area contributed by atoms with Crippen molar-refractivity contribution in [3.63, 3.8) is 0 Å². The second-order valence-electron chi connectivity index (χ2n) is 7.25. The van der Waals surface area contributed by atoms with Gasteiger partial charge in [-0.1, -0.05) is 6.07 Å². The van der Waals surface area contributed by atoms with E-state index >= 15 is 0 Å². The van der Waals surface area contributed by atoms with E-state index in [1.165, 1.54) is 6.07 Å². The second-order valence-corrected chi connectivity index (χ2v) is 7.25. The van der Waals surface area contributed by atoms with E-state index in [-0.39, 0.29) is 23.9 Å². The number of hydrogen-bond donors (Lipinski definition) is 2. The minimum Gasteiger partial charge on any atom is -0.355 e. The Morgan fingerprint density at radius 1 is 1.15 bits per heavy atom. The molecule has 1 aromatic heterocycles. The number of piperidine rings is 1. The van der Waals surface area contributed by atoms with Crippen LogP contribution < -0.4 is 15.5 Å². The molecule has 27 heavy (non-hydrogen) atoms. The third-order valence-corrected chi connectivity index (χ3v) is 5.44. The lowest BCUT2D eigenvalue weighted by molar-refractivity contribution is 0.229. The zero-order valence-corrected chi connectivity index (χ0v) is 15.2. The first-order valence-corrected chi connectivity index (χ1v) is 9.57. The number of fused-ring (bicyclic) bond motifs is 1. The quantitative estimate of drug-likeness (QED) is 0.873. The highest BCUT2D eigenvalue weighted by atomic mass is 19.1. The van der Waals surface area contributed by atoms with Gasteiger partial charge in [0.1, 0.15) is 5.82 Å². The summed E-state index contributed by atoms with van der Waals surface area (Å²) in [5.41, 5.74) is 2.04. The largest absolute Gasteiger partial charge is 0.355 e. The van der Waals surface area contributed by atoms with Crippen LogP contribution in [0.2, 0.25) is 0 Å². The van der Waals surface area contributed by atoms with Gasteiger partial charge in [0.2, 0.25) is 0 Å². The number of halogens is 1. The van der Waals surface area contributed by atoms with Gasteiger partial charge in [-0.15, -0.1) is 5.10 Å². The summed E-state index contributed by atoms with van der Waals surface area (Å²) < 4.78 is 13.6. The Bertz CT molecular complexity index is 792. The molecule has 2 aromatic rings. The summed E-state index contributed by atoms with van der Waals surface area (Å²) in [6.45, 7) is 1.67. The molecule has 4 rings (SSSR count). The molecule has 0 radical (unpaired) electrons. The predicted octanol–water partition coefficient (Wildman–Crippen LogP) is 2.96. The number of hydrogen-bond acceptors (Lipinski definition) is 4. The number of aryl methyl sites for hydroxylation is 1. The zero-order valence-electron chi connectivity index (χ0n) is 15.2. The fraction of sp³-hybridized carbons (Fsp3) is 0.450. The van der Waals surface area contributed by atoms with Crippen molar-refractivity contribution in [2.75, 3.05) is 18.0 Å². The Hall–Kier alpha value is -2.70. The fourth-order valence-corrected chi connectivity index (χ4v) is 4.02. The van der Waals surface area contributed by atoms with Crippen molar-refractivity contribution in [1.82, 2.24) is 20.8 Å². The van der Waals surface area contributed by atoms with Gasteiger partial charge in [0, 0.05) is 25.3 Å². The number of nitrogens with zero attached hydrogens (tertiary/aromatic N) is 3. The normalized spacial score (nSPS) is 20.0. The first-order valence-electron chi connectivity index (χ1n) is 9.57. The summed E-state index contributed by atoms with van der Waals surface area (Å²) in [5, 5.41) is 14.2. The van der Waals surface area contributed by atoms with Gasteiger partial charge in [0.25, 0.3) is 0 Å². The molecule has 2 aliphatic rings. The Kier molecular flexibility index (Phi) is 5.18.